The summed E-state index contributed by atoms with van der Waals surface area (Å²) < 4.78 is 7.17. The average Bonchev–Trinajstić information content (AvgIpc) is 3.18. The van der Waals surface area contributed by atoms with Gasteiger partial charge >= 0.3 is 0 Å². The Hall–Kier alpha value is -3.07. The summed E-state index contributed by atoms with van der Waals surface area (Å²) in [5.74, 6) is 1.79. The van der Waals surface area contributed by atoms with Crippen LogP contribution in [-0.2, 0) is 6.42 Å². The highest BCUT2D eigenvalue weighted by Gasteiger charge is 2.26. The highest BCUT2D eigenvalue weighted by Crippen LogP contribution is 2.38. The Balaban J connectivity index is 1.75. The van der Waals surface area contributed by atoms with Crippen LogP contribution in [0.4, 0.5) is 5.82 Å². The maximum absolute atomic E-state index is 9.20. The number of anilines is 1. The van der Waals surface area contributed by atoms with E-state index in [-0.39, 0.29) is 6.04 Å². The second kappa shape index (κ2) is 5.53. The molecule has 0 amide bonds. The topological polar surface area (TPSA) is 75.2 Å². The maximum atomic E-state index is 9.20. The molecule has 24 heavy (non-hydrogen) atoms. The van der Waals surface area contributed by atoms with Crippen LogP contribution < -0.4 is 10.1 Å². The average molecular weight is 319 g/mol. The summed E-state index contributed by atoms with van der Waals surface area (Å²) in [6.07, 6.45) is 3.52. The highest BCUT2D eigenvalue weighted by atomic mass is 16.5. The Morgan fingerprint density at radius 2 is 2.29 bits per heavy atom. The minimum absolute atomic E-state index is 0.190. The van der Waals surface area contributed by atoms with Crippen molar-refractivity contribution in [1.82, 2.24) is 14.6 Å². The number of methoxy groups -OCH3 is 1. The van der Waals surface area contributed by atoms with Gasteiger partial charge in [0.15, 0.2) is 5.65 Å². The molecule has 3 aromatic rings. The largest absolute Gasteiger partial charge is 0.496 e. The summed E-state index contributed by atoms with van der Waals surface area (Å²) in [4.78, 5) is 4.43. The molecule has 1 unspecified atom stereocenters. The van der Waals surface area contributed by atoms with E-state index in [1.807, 2.05) is 25.1 Å². The molecule has 0 bridgehead atoms. The number of nitriles is 1. The van der Waals surface area contributed by atoms with Crippen LogP contribution in [0.2, 0.25) is 0 Å². The second-order valence-corrected chi connectivity index (χ2v) is 5.95. The van der Waals surface area contributed by atoms with Crippen molar-refractivity contribution in [2.45, 2.75) is 25.8 Å². The highest BCUT2D eigenvalue weighted by molar-refractivity contribution is 5.60. The summed E-state index contributed by atoms with van der Waals surface area (Å²) in [5.41, 5.74) is 4.44. The zero-order valence-electron chi connectivity index (χ0n) is 13.6. The molecule has 0 saturated carbocycles. The van der Waals surface area contributed by atoms with Gasteiger partial charge in [0.1, 0.15) is 23.2 Å². The summed E-state index contributed by atoms with van der Waals surface area (Å²) in [6.45, 7) is 1.92. The lowest BCUT2D eigenvalue weighted by atomic mass is 10.1. The van der Waals surface area contributed by atoms with Gasteiger partial charge < -0.3 is 10.1 Å². The molecule has 120 valence electrons. The molecule has 1 N–H and O–H groups in total. The van der Waals surface area contributed by atoms with Crippen molar-refractivity contribution in [3.63, 3.8) is 0 Å². The number of hydrogen-bond acceptors (Lipinski definition) is 5. The number of nitrogens with zero attached hydrogens (tertiary/aromatic N) is 4. The van der Waals surface area contributed by atoms with Gasteiger partial charge in [0, 0.05) is 11.8 Å². The van der Waals surface area contributed by atoms with Crippen LogP contribution in [0.15, 0.2) is 30.5 Å². The maximum Gasteiger partial charge on any atom is 0.175 e. The van der Waals surface area contributed by atoms with Crippen LogP contribution in [0.25, 0.3) is 5.65 Å². The van der Waals surface area contributed by atoms with Gasteiger partial charge in [0.2, 0.25) is 0 Å². The number of aryl methyl sites for hydroxylation is 1. The Morgan fingerprint density at radius 3 is 3.08 bits per heavy atom. The first-order chi connectivity index (χ1) is 11.7. The van der Waals surface area contributed by atoms with Crippen LogP contribution in [0.1, 0.15) is 34.8 Å². The molecule has 1 aliphatic rings. The number of hydrogen-bond donors (Lipinski definition) is 1. The van der Waals surface area contributed by atoms with Gasteiger partial charge in [-0.25, -0.2) is 4.98 Å². The van der Waals surface area contributed by atoms with Gasteiger partial charge in [-0.2, -0.15) is 14.9 Å². The molecular weight excluding hydrogens is 302 g/mol. The molecule has 2 heterocycles. The molecule has 6 nitrogen and oxygen atoms in total. The summed E-state index contributed by atoms with van der Waals surface area (Å²) in [7, 11) is 1.71. The fourth-order valence-corrected chi connectivity index (χ4v) is 3.41. The van der Waals surface area contributed by atoms with Gasteiger partial charge in [-0.15, -0.1) is 0 Å². The second-order valence-electron chi connectivity index (χ2n) is 5.95. The van der Waals surface area contributed by atoms with Crippen molar-refractivity contribution in [3.05, 3.63) is 52.8 Å². The lowest BCUT2D eigenvalue weighted by Gasteiger charge is -2.17. The Bertz CT molecular complexity index is 969. The van der Waals surface area contributed by atoms with E-state index in [9.17, 15) is 5.26 Å². The molecule has 1 aliphatic carbocycles. The van der Waals surface area contributed by atoms with E-state index in [0.717, 1.165) is 30.1 Å². The van der Waals surface area contributed by atoms with E-state index in [1.54, 1.807) is 17.8 Å². The molecule has 0 aliphatic heterocycles. The number of rotatable bonds is 3. The Morgan fingerprint density at radius 1 is 1.42 bits per heavy atom. The summed E-state index contributed by atoms with van der Waals surface area (Å²) in [6, 6.07) is 10.4. The van der Waals surface area contributed by atoms with Gasteiger partial charge in [-0.3, -0.25) is 0 Å². The van der Waals surface area contributed by atoms with E-state index in [4.69, 9.17) is 4.74 Å². The van der Waals surface area contributed by atoms with Crippen LogP contribution in [0.5, 0.6) is 5.75 Å². The van der Waals surface area contributed by atoms with Gasteiger partial charge in [0.05, 0.1) is 19.3 Å². The van der Waals surface area contributed by atoms with E-state index < -0.39 is 0 Å². The zero-order valence-corrected chi connectivity index (χ0v) is 13.6. The van der Waals surface area contributed by atoms with Gasteiger partial charge in [0.25, 0.3) is 0 Å². The Labute approximate surface area is 139 Å². The zero-order chi connectivity index (χ0) is 16.7. The normalized spacial score (nSPS) is 16.0. The molecule has 1 aromatic carbocycles. The molecule has 1 atom stereocenters. The molecule has 0 fully saturated rings. The number of ether oxygens (including phenoxy) is 1. The first-order valence-electron chi connectivity index (χ1n) is 7.89. The van der Waals surface area contributed by atoms with Crippen molar-refractivity contribution in [3.8, 4) is 11.8 Å². The number of fused-ring (bicyclic) bond motifs is 2. The first-order valence-corrected chi connectivity index (χ1v) is 7.89. The van der Waals surface area contributed by atoms with Crippen LogP contribution >= 0.6 is 0 Å². The van der Waals surface area contributed by atoms with E-state index >= 15 is 0 Å². The number of nitrogens with one attached hydrogen (secondary N) is 1. The molecule has 2 aromatic heterocycles. The van der Waals surface area contributed by atoms with Crippen molar-refractivity contribution < 1.29 is 4.74 Å². The fourth-order valence-electron chi connectivity index (χ4n) is 3.41. The van der Waals surface area contributed by atoms with E-state index in [2.05, 4.69) is 27.5 Å². The predicted molar refractivity (Wildman–Crippen MR) is 90.1 cm³/mol. The van der Waals surface area contributed by atoms with Crippen LogP contribution in [0.3, 0.4) is 0 Å². The minimum atomic E-state index is 0.190. The van der Waals surface area contributed by atoms with Crippen molar-refractivity contribution >= 4 is 11.5 Å². The number of aromatic nitrogens is 3. The van der Waals surface area contributed by atoms with Crippen molar-refractivity contribution in [1.29, 1.82) is 5.26 Å². The predicted octanol–water partition coefficient (Wildman–Crippen LogP) is 3.02. The summed E-state index contributed by atoms with van der Waals surface area (Å²) >= 11 is 0. The first kappa shape index (κ1) is 14.5. The SMILES string of the molecule is COc1cccc2c1CCC2Nc1cc(C)nc2c(C#N)cnn12. The van der Waals surface area contributed by atoms with Crippen LogP contribution in [0, 0.1) is 18.3 Å². The lowest BCUT2D eigenvalue weighted by Crippen LogP contribution is -2.12. The van der Waals surface area contributed by atoms with Crippen molar-refractivity contribution in [2.75, 3.05) is 12.4 Å². The third-order valence-corrected chi connectivity index (χ3v) is 4.49. The van der Waals surface area contributed by atoms with Gasteiger partial charge in [-0.05, 0) is 37.0 Å². The van der Waals surface area contributed by atoms with Crippen LogP contribution in [-0.4, -0.2) is 21.7 Å². The molecule has 0 radical (unpaired) electrons. The standard InChI is InChI=1S/C18H17N5O/c1-11-8-17(23-18(21-11)12(9-19)10-20-23)22-15-7-6-14-13(15)4-3-5-16(14)24-2/h3-5,8,10,15,22H,6-7H2,1-2H3. The third kappa shape index (κ3) is 2.17. The molecule has 0 spiro atoms. The lowest BCUT2D eigenvalue weighted by molar-refractivity contribution is 0.410. The monoisotopic (exact) mass is 319 g/mol. The van der Waals surface area contributed by atoms with Crippen molar-refractivity contribution in [2.24, 2.45) is 0 Å². The molecular formula is C18H17N5O. The smallest absolute Gasteiger partial charge is 0.175 e. The third-order valence-electron chi connectivity index (χ3n) is 4.49. The fraction of sp³-hybridized carbons (Fsp3) is 0.278. The van der Waals surface area contributed by atoms with E-state index in [0.29, 0.717) is 11.2 Å². The minimum Gasteiger partial charge on any atom is -0.496 e. The quantitative estimate of drug-likeness (QED) is 0.803. The Kier molecular flexibility index (Phi) is 3.35. The number of benzene rings is 1. The molecule has 0 saturated heterocycles. The molecule has 4 rings (SSSR count). The summed E-state index contributed by atoms with van der Waals surface area (Å²) in [5, 5.41) is 17.1. The van der Waals surface area contributed by atoms with Gasteiger partial charge in [-0.1, -0.05) is 12.1 Å². The molecule has 6 heteroatoms. The van der Waals surface area contributed by atoms with E-state index in [1.165, 1.54) is 11.1 Å².